The first-order chi connectivity index (χ1) is 10.2. The molecule has 0 fully saturated rings. The maximum absolute atomic E-state index is 8.79. The van der Waals surface area contributed by atoms with E-state index in [-0.39, 0.29) is 5.84 Å². The summed E-state index contributed by atoms with van der Waals surface area (Å²) in [4.78, 5) is 6.30. The molecule has 21 heavy (non-hydrogen) atoms. The Morgan fingerprint density at radius 2 is 2.10 bits per heavy atom. The van der Waals surface area contributed by atoms with Gasteiger partial charge >= 0.3 is 0 Å². The van der Waals surface area contributed by atoms with Gasteiger partial charge in [0.15, 0.2) is 5.84 Å². The summed E-state index contributed by atoms with van der Waals surface area (Å²) >= 11 is 0. The minimum Gasteiger partial charge on any atom is -0.409 e. The van der Waals surface area contributed by atoms with Gasteiger partial charge in [-0.3, -0.25) is 4.40 Å². The van der Waals surface area contributed by atoms with Crippen LogP contribution < -0.4 is 10.6 Å². The van der Waals surface area contributed by atoms with E-state index in [0.29, 0.717) is 5.56 Å². The van der Waals surface area contributed by atoms with E-state index >= 15 is 0 Å². The van der Waals surface area contributed by atoms with Crippen LogP contribution in [0.1, 0.15) is 5.56 Å². The van der Waals surface area contributed by atoms with Crippen molar-refractivity contribution in [1.29, 1.82) is 0 Å². The molecule has 0 saturated carbocycles. The number of rotatable bonds is 3. The molecule has 1 aromatic carbocycles. The third-order valence-corrected chi connectivity index (χ3v) is 3.39. The Morgan fingerprint density at radius 3 is 2.90 bits per heavy atom. The van der Waals surface area contributed by atoms with Crippen molar-refractivity contribution in [2.24, 2.45) is 10.9 Å². The van der Waals surface area contributed by atoms with Crippen molar-refractivity contribution in [2.45, 2.75) is 0 Å². The number of nitrogens with zero attached hydrogens (tertiary/aromatic N) is 4. The maximum Gasteiger partial charge on any atom is 0.170 e. The van der Waals surface area contributed by atoms with Gasteiger partial charge in [-0.1, -0.05) is 23.4 Å². The van der Waals surface area contributed by atoms with Gasteiger partial charge in [-0.25, -0.2) is 4.98 Å². The molecule has 3 rings (SSSR count). The van der Waals surface area contributed by atoms with E-state index in [1.165, 1.54) is 0 Å². The van der Waals surface area contributed by atoms with Crippen molar-refractivity contribution in [1.82, 2.24) is 9.38 Å². The van der Waals surface area contributed by atoms with E-state index in [4.69, 9.17) is 10.9 Å². The highest BCUT2D eigenvalue weighted by Crippen LogP contribution is 2.24. The SMILES string of the molecule is CN(c1cccc(/C(N)=N/O)c1)c1cccc2nccn12. The molecular formula is C15H15N5O. The molecule has 0 aliphatic heterocycles. The largest absolute Gasteiger partial charge is 0.409 e. The molecule has 2 aromatic heterocycles. The van der Waals surface area contributed by atoms with Crippen LogP contribution in [0.3, 0.4) is 0 Å². The smallest absolute Gasteiger partial charge is 0.170 e. The zero-order valence-corrected chi connectivity index (χ0v) is 11.5. The summed E-state index contributed by atoms with van der Waals surface area (Å²) in [7, 11) is 1.96. The molecule has 0 aliphatic rings. The summed E-state index contributed by atoms with van der Waals surface area (Å²) in [6.45, 7) is 0. The Balaban J connectivity index is 2.06. The molecule has 6 heteroatoms. The molecule has 0 atom stereocenters. The van der Waals surface area contributed by atoms with E-state index in [2.05, 4.69) is 10.1 Å². The summed E-state index contributed by atoms with van der Waals surface area (Å²) in [6, 6.07) is 13.4. The molecule has 0 saturated heterocycles. The molecule has 3 aromatic rings. The molecule has 2 heterocycles. The monoisotopic (exact) mass is 281 g/mol. The summed E-state index contributed by atoms with van der Waals surface area (Å²) in [5.41, 5.74) is 8.12. The average Bonchev–Trinajstić information content (AvgIpc) is 3.02. The van der Waals surface area contributed by atoms with Gasteiger partial charge in [-0.2, -0.15) is 0 Å². The van der Waals surface area contributed by atoms with E-state index in [0.717, 1.165) is 17.2 Å². The molecule has 0 spiro atoms. The fraction of sp³-hybridized carbons (Fsp3) is 0.0667. The first-order valence-electron chi connectivity index (χ1n) is 6.44. The van der Waals surface area contributed by atoms with Gasteiger partial charge in [0.1, 0.15) is 11.5 Å². The second kappa shape index (κ2) is 5.16. The van der Waals surface area contributed by atoms with Crippen LogP contribution in [0, 0.1) is 0 Å². The van der Waals surface area contributed by atoms with Crippen LogP contribution in [0.4, 0.5) is 11.5 Å². The second-order valence-corrected chi connectivity index (χ2v) is 4.63. The highest BCUT2D eigenvalue weighted by Gasteiger charge is 2.09. The Bertz CT molecular complexity index is 808. The minimum absolute atomic E-state index is 0.0890. The van der Waals surface area contributed by atoms with Gasteiger partial charge < -0.3 is 15.8 Å². The van der Waals surface area contributed by atoms with Crippen LogP contribution in [0.25, 0.3) is 5.65 Å². The number of hydrogen-bond donors (Lipinski definition) is 2. The quantitative estimate of drug-likeness (QED) is 0.334. The van der Waals surface area contributed by atoms with Crippen molar-refractivity contribution in [3.8, 4) is 0 Å². The van der Waals surface area contributed by atoms with Crippen molar-refractivity contribution < 1.29 is 5.21 Å². The van der Waals surface area contributed by atoms with Gasteiger partial charge in [0.25, 0.3) is 0 Å². The third kappa shape index (κ3) is 2.27. The Kier molecular flexibility index (Phi) is 3.19. The number of imidazole rings is 1. The highest BCUT2D eigenvalue weighted by atomic mass is 16.4. The molecular weight excluding hydrogens is 266 g/mol. The van der Waals surface area contributed by atoms with Gasteiger partial charge in [-0.15, -0.1) is 0 Å². The molecule has 0 radical (unpaired) electrons. The lowest BCUT2D eigenvalue weighted by Crippen LogP contribution is -2.16. The van der Waals surface area contributed by atoms with Crippen molar-refractivity contribution in [3.05, 3.63) is 60.4 Å². The number of amidine groups is 1. The summed E-state index contributed by atoms with van der Waals surface area (Å²) in [5.74, 6) is 1.06. The fourth-order valence-electron chi connectivity index (χ4n) is 2.27. The first-order valence-corrected chi connectivity index (χ1v) is 6.44. The number of benzene rings is 1. The standard InChI is InChI=1S/C15H15N5O/c1-19(12-5-2-4-11(10-12)15(16)18-21)14-7-3-6-13-17-8-9-20(13)14/h2-10,21H,1H3,(H2,16,18). The van der Waals surface area contributed by atoms with Crippen molar-refractivity contribution in [2.75, 3.05) is 11.9 Å². The van der Waals surface area contributed by atoms with E-state index in [9.17, 15) is 0 Å². The predicted molar refractivity (Wildman–Crippen MR) is 82.2 cm³/mol. The second-order valence-electron chi connectivity index (χ2n) is 4.63. The maximum atomic E-state index is 8.79. The average molecular weight is 281 g/mol. The highest BCUT2D eigenvalue weighted by molar-refractivity contribution is 5.98. The number of hydrogen-bond acceptors (Lipinski definition) is 4. The predicted octanol–water partition coefficient (Wildman–Crippen LogP) is 2.20. The van der Waals surface area contributed by atoms with E-state index in [1.54, 1.807) is 12.3 Å². The molecule has 106 valence electrons. The van der Waals surface area contributed by atoms with Gasteiger partial charge in [0.2, 0.25) is 0 Å². The topological polar surface area (TPSA) is 79.1 Å². The zero-order chi connectivity index (χ0) is 14.8. The van der Waals surface area contributed by atoms with E-state index in [1.807, 2.05) is 58.9 Å². The Morgan fingerprint density at radius 1 is 1.29 bits per heavy atom. The van der Waals surface area contributed by atoms with Crippen LogP contribution in [0.2, 0.25) is 0 Å². The molecule has 0 bridgehead atoms. The number of pyridine rings is 1. The number of aromatic nitrogens is 2. The number of nitrogens with two attached hydrogens (primary N) is 1. The number of anilines is 2. The Labute approximate surface area is 121 Å². The van der Waals surface area contributed by atoms with Crippen molar-refractivity contribution in [3.63, 3.8) is 0 Å². The molecule has 0 amide bonds. The van der Waals surface area contributed by atoms with Gasteiger partial charge in [-0.05, 0) is 24.3 Å². The lowest BCUT2D eigenvalue weighted by molar-refractivity contribution is 0.318. The lowest BCUT2D eigenvalue weighted by atomic mass is 10.1. The van der Waals surface area contributed by atoms with Crippen LogP contribution >= 0.6 is 0 Å². The van der Waals surface area contributed by atoms with Crippen LogP contribution in [0.15, 0.2) is 60.0 Å². The van der Waals surface area contributed by atoms with Crippen LogP contribution in [-0.4, -0.2) is 27.5 Å². The molecule has 3 N–H and O–H groups in total. The van der Waals surface area contributed by atoms with Crippen LogP contribution in [0.5, 0.6) is 0 Å². The van der Waals surface area contributed by atoms with Gasteiger partial charge in [0.05, 0.1) is 0 Å². The number of fused-ring (bicyclic) bond motifs is 1. The molecule has 0 aliphatic carbocycles. The van der Waals surface area contributed by atoms with Crippen molar-refractivity contribution >= 4 is 23.0 Å². The summed E-state index contributed by atoms with van der Waals surface area (Å²) in [6.07, 6.45) is 3.67. The first kappa shape index (κ1) is 13.0. The van der Waals surface area contributed by atoms with Gasteiger partial charge in [0, 0.05) is 30.7 Å². The third-order valence-electron chi connectivity index (χ3n) is 3.39. The normalized spacial score (nSPS) is 11.8. The minimum atomic E-state index is 0.0890. The molecule has 0 unspecified atom stereocenters. The fourth-order valence-corrected chi connectivity index (χ4v) is 2.27. The lowest BCUT2D eigenvalue weighted by Gasteiger charge is -2.21. The van der Waals surface area contributed by atoms with E-state index < -0.39 is 0 Å². The van der Waals surface area contributed by atoms with Crippen LogP contribution in [-0.2, 0) is 0 Å². The number of oxime groups is 1. The summed E-state index contributed by atoms with van der Waals surface area (Å²) < 4.78 is 2.00. The zero-order valence-electron chi connectivity index (χ0n) is 11.5. The Hall–Kier alpha value is -3.02. The summed E-state index contributed by atoms with van der Waals surface area (Å²) in [5, 5.41) is 11.8. The molecule has 6 nitrogen and oxygen atoms in total.